The number of benzene rings is 2. The van der Waals surface area contributed by atoms with Gasteiger partial charge in [-0.3, -0.25) is 9.69 Å². The van der Waals surface area contributed by atoms with E-state index in [0.717, 1.165) is 73.8 Å². The minimum absolute atomic E-state index is 0.144. The Labute approximate surface area is 242 Å². The Morgan fingerprint density at radius 3 is 2.38 bits per heavy atom. The molecule has 2 fully saturated rings. The first kappa shape index (κ1) is 30.5. The van der Waals surface area contributed by atoms with Crippen molar-refractivity contribution in [2.75, 3.05) is 18.9 Å². The molecule has 218 valence electrons. The second kappa shape index (κ2) is 14.4. The summed E-state index contributed by atoms with van der Waals surface area (Å²) in [6.07, 6.45) is 12.9. The molecule has 0 aliphatic heterocycles. The Kier molecular flexibility index (Phi) is 11.0. The van der Waals surface area contributed by atoms with Gasteiger partial charge in [-0.1, -0.05) is 56.7 Å². The van der Waals surface area contributed by atoms with Crippen LogP contribution < -0.4 is 10.6 Å². The third-order valence-electron chi connectivity index (χ3n) is 9.37. The van der Waals surface area contributed by atoms with Gasteiger partial charge in [-0.15, -0.1) is 0 Å². The molecule has 2 saturated carbocycles. The van der Waals surface area contributed by atoms with Gasteiger partial charge in [-0.05, 0) is 112 Å². The van der Waals surface area contributed by atoms with Crippen LogP contribution in [0.5, 0.6) is 0 Å². The number of hydrogen-bond donors (Lipinski definition) is 2. The van der Waals surface area contributed by atoms with Gasteiger partial charge in [0.15, 0.2) is 0 Å². The van der Waals surface area contributed by atoms with Crippen LogP contribution in [0.4, 0.5) is 5.69 Å². The van der Waals surface area contributed by atoms with Crippen LogP contribution >= 0.6 is 0 Å². The van der Waals surface area contributed by atoms with E-state index in [0.29, 0.717) is 24.2 Å². The first-order valence-corrected chi connectivity index (χ1v) is 15.6. The van der Waals surface area contributed by atoms with E-state index in [-0.39, 0.29) is 6.04 Å². The summed E-state index contributed by atoms with van der Waals surface area (Å²) >= 11 is 0. The average Bonchev–Trinajstić information content (AvgIpc) is 2.93. The van der Waals surface area contributed by atoms with Gasteiger partial charge < -0.3 is 15.4 Å². The summed E-state index contributed by atoms with van der Waals surface area (Å²) in [5.41, 5.74) is 5.47. The molecule has 2 aromatic carbocycles. The highest BCUT2D eigenvalue weighted by molar-refractivity contribution is 5.80. The normalized spacial score (nSPS) is 25.0. The van der Waals surface area contributed by atoms with E-state index in [1.165, 1.54) is 43.2 Å². The molecule has 40 heavy (non-hydrogen) atoms. The van der Waals surface area contributed by atoms with E-state index in [2.05, 4.69) is 55.7 Å². The lowest BCUT2D eigenvalue weighted by Crippen LogP contribution is -2.50. The lowest BCUT2D eigenvalue weighted by atomic mass is 9.62. The van der Waals surface area contributed by atoms with E-state index in [9.17, 15) is 9.59 Å². The molecule has 0 amide bonds. The quantitative estimate of drug-likeness (QED) is 0.186. The molecule has 2 aliphatic rings. The molecule has 2 aliphatic carbocycles. The Hall–Kier alpha value is -2.50. The number of carbonyl (C=O) groups is 2. The zero-order valence-electron chi connectivity index (χ0n) is 25.3. The van der Waals surface area contributed by atoms with Crippen molar-refractivity contribution >= 4 is 18.3 Å². The largest absolute Gasteiger partial charge is 0.381 e. The Morgan fingerprint density at radius 1 is 1.02 bits per heavy atom. The number of nitrogens with zero attached hydrogens (tertiary/aromatic N) is 1. The third-order valence-corrected chi connectivity index (χ3v) is 9.37. The zero-order valence-corrected chi connectivity index (χ0v) is 25.3. The van der Waals surface area contributed by atoms with E-state index < -0.39 is 0 Å². The minimum Gasteiger partial charge on any atom is -0.381 e. The van der Waals surface area contributed by atoms with Crippen LogP contribution in [-0.2, 0) is 24.3 Å². The van der Waals surface area contributed by atoms with Gasteiger partial charge in [0.1, 0.15) is 12.6 Å². The van der Waals surface area contributed by atoms with Crippen molar-refractivity contribution in [3.05, 3.63) is 64.7 Å². The number of fused-ring (bicyclic) bond motifs is 2. The molecule has 0 saturated heterocycles. The molecule has 0 radical (unpaired) electrons. The van der Waals surface area contributed by atoms with Gasteiger partial charge in [-0.2, -0.15) is 0 Å². The second-order valence-corrected chi connectivity index (χ2v) is 13.1. The molecular weight excluding hydrogens is 494 g/mol. The topological polar surface area (TPSA) is 61.4 Å². The fourth-order valence-electron chi connectivity index (χ4n) is 7.55. The molecular formula is C35H51N3O2. The number of likely N-dealkylation sites (N-methyl/N-ethyl adjacent to an activating group) is 1. The van der Waals surface area contributed by atoms with E-state index >= 15 is 0 Å². The summed E-state index contributed by atoms with van der Waals surface area (Å²) in [5.74, 6) is 2.77. The SMILES string of the molecule is CCCC(C=O)N(C)Cc1c(C=O)cccc1NCc1ccc(CCCNC2(C)CC3CC(C)CC(C3)C2)cc1. The van der Waals surface area contributed by atoms with Crippen LogP contribution in [0.1, 0.15) is 99.2 Å². The predicted octanol–water partition coefficient (Wildman–Crippen LogP) is 7.04. The number of hydrogen-bond acceptors (Lipinski definition) is 5. The number of carbonyl (C=O) groups excluding carboxylic acids is 2. The molecule has 0 spiro atoms. The maximum Gasteiger partial charge on any atom is 0.150 e. The number of aldehydes is 2. The van der Waals surface area contributed by atoms with Crippen LogP contribution in [0.2, 0.25) is 0 Å². The molecule has 4 rings (SSSR count). The standard InChI is InChI=1S/C35H51N3O2/c1-5-8-32(25-40)38(4)23-33-31(24-39)10-6-11-34(33)36-22-28-14-12-27(13-15-28)9-7-16-37-35(3)20-29-17-26(2)18-30(19-29)21-35/h6,10-15,24-26,29-30,32,36-37H,5,7-9,16-23H2,1-4H3. The smallest absolute Gasteiger partial charge is 0.150 e. The Morgan fingerprint density at radius 2 is 1.73 bits per heavy atom. The Bertz CT molecular complexity index is 1080. The second-order valence-electron chi connectivity index (χ2n) is 13.1. The monoisotopic (exact) mass is 545 g/mol. The molecule has 0 aromatic heterocycles. The van der Waals surface area contributed by atoms with Gasteiger partial charge in [0.05, 0.1) is 6.04 Å². The van der Waals surface area contributed by atoms with Crippen LogP contribution in [0.15, 0.2) is 42.5 Å². The third kappa shape index (κ3) is 8.27. The van der Waals surface area contributed by atoms with E-state index in [1.807, 2.05) is 30.1 Å². The summed E-state index contributed by atoms with van der Waals surface area (Å²) in [5, 5.41) is 7.50. The van der Waals surface area contributed by atoms with Crippen molar-refractivity contribution in [1.29, 1.82) is 0 Å². The van der Waals surface area contributed by atoms with Crippen molar-refractivity contribution in [1.82, 2.24) is 10.2 Å². The Balaban J connectivity index is 1.26. The van der Waals surface area contributed by atoms with Gasteiger partial charge >= 0.3 is 0 Å². The molecule has 3 unspecified atom stereocenters. The summed E-state index contributed by atoms with van der Waals surface area (Å²) in [6.45, 7) is 9.31. The van der Waals surface area contributed by atoms with E-state index in [4.69, 9.17) is 0 Å². The van der Waals surface area contributed by atoms with Crippen molar-refractivity contribution in [2.24, 2.45) is 17.8 Å². The van der Waals surface area contributed by atoms with Gasteiger partial charge in [0.25, 0.3) is 0 Å². The number of rotatable bonds is 15. The maximum atomic E-state index is 11.8. The van der Waals surface area contributed by atoms with Gasteiger partial charge in [-0.25, -0.2) is 0 Å². The van der Waals surface area contributed by atoms with Crippen molar-refractivity contribution < 1.29 is 9.59 Å². The molecule has 5 heteroatoms. The highest BCUT2D eigenvalue weighted by Crippen LogP contribution is 2.46. The van der Waals surface area contributed by atoms with Crippen LogP contribution in [-0.4, -0.2) is 42.6 Å². The lowest BCUT2D eigenvalue weighted by molar-refractivity contribution is -0.112. The highest BCUT2D eigenvalue weighted by atomic mass is 16.1. The number of nitrogens with one attached hydrogen (secondary N) is 2. The van der Waals surface area contributed by atoms with Crippen LogP contribution in [0.3, 0.4) is 0 Å². The van der Waals surface area contributed by atoms with Crippen molar-refractivity contribution in [3.8, 4) is 0 Å². The molecule has 2 N–H and O–H groups in total. The number of anilines is 1. The fourth-order valence-corrected chi connectivity index (χ4v) is 7.55. The number of aryl methyl sites for hydroxylation is 1. The molecule has 2 bridgehead atoms. The maximum absolute atomic E-state index is 11.8. The first-order chi connectivity index (χ1) is 19.3. The molecule has 5 nitrogen and oxygen atoms in total. The first-order valence-electron chi connectivity index (χ1n) is 15.6. The minimum atomic E-state index is -0.144. The lowest BCUT2D eigenvalue weighted by Gasteiger charge is -2.47. The fraction of sp³-hybridized carbons (Fsp3) is 0.600. The summed E-state index contributed by atoms with van der Waals surface area (Å²) < 4.78 is 0. The molecule has 0 heterocycles. The highest BCUT2D eigenvalue weighted by Gasteiger charge is 2.40. The van der Waals surface area contributed by atoms with E-state index in [1.54, 1.807) is 0 Å². The summed E-state index contributed by atoms with van der Waals surface area (Å²) in [4.78, 5) is 25.4. The van der Waals surface area contributed by atoms with Crippen LogP contribution in [0, 0.1) is 17.8 Å². The molecule has 2 aromatic rings. The summed E-state index contributed by atoms with van der Waals surface area (Å²) in [6, 6.07) is 14.6. The van der Waals surface area contributed by atoms with Crippen LogP contribution in [0.25, 0.3) is 0 Å². The zero-order chi connectivity index (χ0) is 28.5. The van der Waals surface area contributed by atoms with Crippen molar-refractivity contribution in [3.63, 3.8) is 0 Å². The van der Waals surface area contributed by atoms with Gasteiger partial charge in [0.2, 0.25) is 0 Å². The van der Waals surface area contributed by atoms with Gasteiger partial charge in [0, 0.05) is 29.9 Å². The predicted molar refractivity (Wildman–Crippen MR) is 166 cm³/mol. The average molecular weight is 546 g/mol. The summed E-state index contributed by atoms with van der Waals surface area (Å²) in [7, 11) is 1.95. The van der Waals surface area contributed by atoms with Crippen molar-refractivity contribution in [2.45, 2.75) is 103 Å². The molecule has 3 atom stereocenters.